The lowest BCUT2D eigenvalue weighted by atomic mass is 9.92. The van der Waals surface area contributed by atoms with Gasteiger partial charge in [-0.15, -0.1) is 0 Å². The normalized spacial score (nSPS) is 20.9. The highest BCUT2D eigenvalue weighted by molar-refractivity contribution is 6.34. The standard InChI is InChI=1S/C37H41Cl2N5O4/c1-42-14-13-29-35(41-37(36(40)46)43(29)2)30(42)17-21-6-4-9-27(34(21)39)24-7-5-8-26-25(24)10-11-31(26)48-33-18-32(47-3)22(16-28(33)38)19-44-15-12-23(45)20-44/h4-9,16,18,23,30-31,45H,10-15,17,19-20H2,1-3H3,(H2,40,46)/t23-,30?,31?/m1/s1. The molecule has 3 heterocycles. The van der Waals surface area contributed by atoms with Gasteiger partial charge in [-0.1, -0.05) is 59.6 Å². The predicted octanol–water partition coefficient (Wildman–Crippen LogP) is 5.91. The van der Waals surface area contributed by atoms with Crippen LogP contribution in [0.3, 0.4) is 0 Å². The van der Waals surface area contributed by atoms with Crippen molar-refractivity contribution in [3.8, 4) is 22.6 Å². The summed E-state index contributed by atoms with van der Waals surface area (Å²) in [5, 5.41) is 11.2. The monoisotopic (exact) mass is 689 g/mol. The molecule has 1 aliphatic carbocycles. The summed E-state index contributed by atoms with van der Waals surface area (Å²) in [6.45, 7) is 2.99. The van der Waals surface area contributed by atoms with Crippen molar-refractivity contribution in [2.45, 2.75) is 56.9 Å². The Morgan fingerprint density at radius 2 is 1.81 bits per heavy atom. The maximum absolute atomic E-state index is 12.1. The van der Waals surface area contributed by atoms with E-state index in [4.69, 9.17) is 38.4 Å². The Kier molecular flexibility index (Phi) is 9.17. The fourth-order valence-corrected chi connectivity index (χ4v) is 8.25. The molecular formula is C37H41Cl2N5O4. The number of aliphatic hydroxyl groups excluding tert-OH is 1. The van der Waals surface area contributed by atoms with Crippen LogP contribution in [0.25, 0.3) is 11.1 Å². The molecule has 2 unspecified atom stereocenters. The number of likely N-dealkylation sites (N-methyl/N-ethyl adjacent to an activating group) is 1. The average Bonchev–Trinajstić information content (AvgIpc) is 3.77. The van der Waals surface area contributed by atoms with E-state index in [0.717, 1.165) is 88.8 Å². The zero-order valence-corrected chi connectivity index (χ0v) is 29.0. The van der Waals surface area contributed by atoms with E-state index in [1.807, 2.05) is 23.7 Å². The van der Waals surface area contributed by atoms with Crippen LogP contribution in [0.2, 0.25) is 10.0 Å². The van der Waals surface area contributed by atoms with E-state index in [2.05, 4.69) is 58.2 Å². The van der Waals surface area contributed by atoms with Crippen molar-refractivity contribution in [1.82, 2.24) is 19.4 Å². The number of aromatic nitrogens is 2. The number of ether oxygens (including phenoxy) is 2. The predicted molar refractivity (Wildman–Crippen MR) is 187 cm³/mol. The molecule has 1 aromatic heterocycles. The van der Waals surface area contributed by atoms with Gasteiger partial charge in [-0.3, -0.25) is 14.6 Å². The van der Waals surface area contributed by atoms with Crippen molar-refractivity contribution in [3.05, 3.63) is 98.0 Å². The number of amides is 1. The van der Waals surface area contributed by atoms with Crippen LogP contribution < -0.4 is 15.2 Å². The van der Waals surface area contributed by atoms with Gasteiger partial charge in [-0.2, -0.15) is 0 Å². The summed E-state index contributed by atoms with van der Waals surface area (Å²) in [5.74, 6) is 1.08. The summed E-state index contributed by atoms with van der Waals surface area (Å²) in [4.78, 5) is 21.2. The summed E-state index contributed by atoms with van der Waals surface area (Å²) >= 11 is 14.0. The topological polar surface area (TPSA) is 106 Å². The second kappa shape index (κ2) is 13.4. The number of rotatable bonds is 9. The molecule has 1 amide bonds. The molecule has 1 fully saturated rings. The van der Waals surface area contributed by atoms with Crippen molar-refractivity contribution in [1.29, 1.82) is 0 Å². The molecule has 3 aromatic carbocycles. The fourth-order valence-electron chi connectivity index (χ4n) is 7.71. The minimum absolute atomic E-state index is 0.0323. The number of methoxy groups -OCH3 is 1. The first-order valence-electron chi connectivity index (χ1n) is 16.5. The van der Waals surface area contributed by atoms with Crippen molar-refractivity contribution < 1.29 is 19.4 Å². The molecular weight excluding hydrogens is 649 g/mol. The fraction of sp³-hybridized carbons (Fsp3) is 0.405. The van der Waals surface area contributed by atoms with Crippen LogP contribution in [0.5, 0.6) is 11.5 Å². The second-order valence-corrected chi connectivity index (χ2v) is 14.0. The molecule has 0 saturated carbocycles. The minimum Gasteiger partial charge on any atom is -0.496 e. The van der Waals surface area contributed by atoms with Crippen molar-refractivity contribution >= 4 is 29.1 Å². The lowest BCUT2D eigenvalue weighted by Gasteiger charge is -2.32. The van der Waals surface area contributed by atoms with Gasteiger partial charge >= 0.3 is 0 Å². The lowest BCUT2D eigenvalue weighted by Crippen LogP contribution is -2.34. The van der Waals surface area contributed by atoms with Gasteiger partial charge in [-0.25, -0.2) is 4.98 Å². The number of likely N-dealkylation sites (tertiary alicyclic amines) is 1. The Morgan fingerprint density at radius 1 is 1.02 bits per heavy atom. The summed E-state index contributed by atoms with van der Waals surface area (Å²) in [7, 11) is 5.60. The Labute approximate surface area is 291 Å². The van der Waals surface area contributed by atoms with E-state index in [9.17, 15) is 9.90 Å². The van der Waals surface area contributed by atoms with Gasteiger partial charge in [0.1, 0.15) is 17.6 Å². The number of benzene rings is 3. The molecule has 3 aliphatic rings. The Balaban J connectivity index is 1.14. The highest BCUT2D eigenvalue weighted by Gasteiger charge is 2.33. The van der Waals surface area contributed by atoms with E-state index in [0.29, 0.717) is 30.3 Å². The number of carbonyl (C=O) groups excluding carboxylic acids is 1. The van der Waals surface area contributed by atoms with E-state index < -0.39 is 5.91 Å². The molecule has 48 heavy (non-hydrogen) atoms. The number of primary amides is 1. The van der Waals surface area contributed by atoms with E-state index in [1.165, 1.54) is 5.56 Å². The van der Waals surface area contributed by atoms with Crippen molar-refractivity contribution in [2.24, 2.45) is 12.8 Å². The van der Waals surface area contributed by atoms with Crippen LogP contribution in [0, 0.1) is 0 Å². The van der Waals surface area contributed by atoms with Gasteiger partial charge < -0.3 is 24.9 Å². The quantitative estimate of drug-likeness (QED) is 0.225. The summed E-state index contributed by atoms with van der Waals surface area (Å²) in [6, 6.07) is 16.3. The SMILES string of the molecule is COc1cc(OC2CCc3c(-c4cccc(CC5c6nc(C(N)=O)n(C)c6CCN5C)c4Cl)cccc32)c(Cl)cc1CN1CC[C@@H](O)C1. The van der Waals surface area contributed by atoms with Crippen molar-refractivity contribution in [3.63, 3.8) is 0 Å². The highest BCUT2D eigenvalue weighted by atomic mass is 35.5. The van der Waals surface area contributed by atoms with Crippen LogP contribution in [-0.2, 0) is 32.9 Å². The van der Waals surface area contributed by atoms with Crippen LogP contribution in [0.4, 0.5) is 0 Å². The molecule has 0 radical (unpaired) electrons. The second-order valence-electron chi connectivity index (χ2n) is 13.2. The number of hydrogen-bond donors (Lipinski definition) is 2. The number of aliphatic hydroxyl groups is 1. The maximum Gasteiger partial charge on any atom is 0.284 e. The van der Waals surface area contributed by atoms with Crippen LogP contribution in [0.1, 0.15) is 69.2 Å². The molecule has 252 valence electrons. The zero-order valence-electron chi connectivity index (χ0n) is 27.5. The molecule has 7 rings (SSSR count). The molecule has 1 saturated heterocycles. The zero-order chi connectivity index (χ0) is 33.7. The minimum atomic E-state index is -0.522. The van der Waals surface area contributed by atoms with Crippen LogP contribution >= 0.6 is 23.2 Å². The van der Waals surface area contributed by atoms with Gasteiger partial charge in [0.25, 0.3) is 5.91 Å². The first-order valence-corrected chi connectivity index (χ1v) is 17.3. The number of nitrogens with zero attached hydrogens (tertiary/aromatic N) is 4. The van der Waals surface area contributed by atoms with Gasteiger partial charge in [0.05, 0.1) is 35.0 Å². The van der Waals surface area contributed by atoms with Gasteiger partial charge in [0.15, 0.2) is 5.82 Å². The number of nitrogens with two attached hydrogens (primary N) is 1. The number of fused-ring (bicyclic) bond motifs is 2. The first kappa shape index (κ1) is 32.9. The number of carbonyl (C=O) groups is 1. The summed E-state index contributed by atoms with van der Waals surface area (Å²) in [6.07, 6.45) is 3.44. The van der Waals surface area contributed by atoms with Crippen LogP contribution in [-0.4, -0.2) is 70.3 Å². The van der Waals surface area contributed by atoms with Gasteiger partial charge in [0.2, 0.25) is 0 Å². The van der Waals surface area contributed by atoms with E-state index in [1.54, 1.807) is 7.11 Å². The largest absolute Gasteiger partial charge is 0.496 e. The summed E-state index contributed by atoms with van der Waals surface area (Å²) in [5.41, 5.74) is 14.0. The van der Waals surface area contributed by atoms with E-state index in [-0.39, 0.29) is 24.1 Å². The molecule has 3 N–H and O–H groups in total. The third-order valence-corrected chi connectivity index (χ3v) is 11.0. The van der Waals surface area contributed by atoms with Gasteiger partial charge in [0, 0.05) is 62.5 Å². The third-order valence-electron chi connectivity index (χ3n) is 10.3. The Bertz CT molecular complexity index is 1880. The molecule has 0 bridgehead atoms. The van der Waals surface area contributed by atoms with Crippen molar-refractivity contribution in [2.75, 3.05) is 33.8 Å². The molecule has 3 atom stereocenters. The number of halogens is 2. The first-order chi connectivity index (χ1) is 23.1. The maximum atomic E-state index is 12.1. The molecule has 11 heteroatoms. The Hall–Kier alpha value is -3.60. The molecule has 0 spiro atoms. The smallest absolute Gasteiger partial charge is 0.284 e. The molecule has 4 aromatic rings. The van der Waals surface area contributed by atoms with Gasteiger partial charge in [-0.05, 0) is 61.1 Å². The van der Waals surface area contributed by atoms with Crippen LogP contribution in [0.15, 0.2) is 48.5 Å². The number of β-amino-alcohol motifs (C(OH)–C–C–N with tert-alkyl or cyclic N) is 1. The number of hydrogen-bond acceptors (Lipinski definition) is 7. The highest BCUT2D eigenvalue weighted by Crippen LogP contribution is 2.45. The third kappa shape index (κ3) is 6.07. The number of imidazole rings is 1. The average molecular weight is 691 g/mol. The molecule has 9 nitrogen and oxygen atoms in total. The lowest BCUT2D eigenvalue weighted by molar-refractivity contribution is 0.0987. The Morgan fingerprint density at radius 3 is 2.56 bits per heavy atom. The molecule has 2 aliphatic heterocycles. The summed E-state index contributed by atoms with van der Waals surface area (Å²) < 4.78 is 14.2. The van der Waals surface area contributed by atoms with E-state index >= 15 is 0 Å².